The lowest BCUT2D eigenvalue weighted by atomic mass is 10.1. The molecule has 2 heterocycles. The zero-order valence-electron chi connectivity index (χ0n) is 12.1. The summed E-state index contributed by atoms with van der Waals surface area (Å²) in [5.74, 6) is -0.246. The summed E-state index contributed by atoms with van der Waals surface area (Å²) in [5, 5.41) is 0.604. The van der Waals surface area contributed by atoms with Crippen LogP contribution in [0.3, 0.4) is 0 Å². The zero-order valence-corrected chi connectivity index (χ0v) is 13.7. The highest BCUT2D eigenvalue weighted by molar-refractivity contribution is 7.13. The minimum Gasteiger partial charge on any atom is -0.368 e. The maximum absolute atomic E-state index is 13.0. The van der Waals surface area contributed by atoms with Crippen LogP contribution in [0.25, 0.3) is 10.4 Å². The van der Waals surface area contributed by atoms with Gasteiger partial charge in [-0.05, 0) is 36.5 Å². The Bertz CT molecular complexity index is 806. The lowest BCUT2D eigenvalue weighted by molar-refractivity contribution is -0.122. The van der Waals surface area contributed by atoms with Crippen LogP contribution in [-0.2, 0) is 4.79 Å². The number of carbonyl (C=O) groups is 2. The molecule has 2 amide bonds. The summed E-state index contributed by atoms with van der Waals surface area (Å²) >= 11 is 7.43. The maximum Gasteiger partial charge on any atom is 0.274 e. The number of nitrogens with zero attached hydrogens (tertiary/aromatic N) is 2. The Kier molecular flexibility index (Phi) is 3.39. The van der Waals surface area contributed by atoms with Gasteiger partial charge >= 0.3 is 0 Å². The van der Waals surface area contributed by atoms with Crippen LogP contribution in [0.1, 0.15) is 23.3 Å². The van der Waals surface area contributed by atoms with Crippen LogP contribution >= 0.6 is 22.9 Å². The molecule has 0 unspecified atom stereocenters. The maximum atomic E-state index is 13.0. The fourth-order valence-corrected chi connectivity index (χ4v) is 4.33. The van der Waals surface area contributed by atoms with Crippen molar-refractivity contribution in [2.45, 2.75) is 24.9 Å². The van der Waals surface area contributed by atoms with Crippen LogP contribution in [0.5, 0.6) is 0 Å². The number of rotatable bonds is 3. The van der Waals surface area contributed by atoms with Gasteiger partial charge in [0.05, 0.1) is 10.4 Å². The number of thiazole rings is 1. The minimum absolute atomic E-state index is 0.133. The smallest absolute Gasteiger partial charge is 0.274 e. The number of hydrogen-bond acceptors (Lipinski definition) is 4. The molecule has 2 aromatic rings. The van der Waals surface area contributed by atoms with Gasteiger partial charge in [0.2, 0.25) is 5.91 Å². The standard InChI is InChI=1S/C16H14ClN3O2S/c17-10-3-1-2-8(4-10)14-13(19-7-23-14)16(22)20-11-5-9(11)6-12(20)15(18)21/h1-4,7,9,11-12H,5-6H2,(H2,18,21)/t9-,11-,12-/m0/s1. The molecule has 2 aliphatic rings. The molecule has 3 atom stereocenters. The summed E-state index contributed by atoms with van der Waals surface area (Å²) in [6.45, 7) is 0. The Morgan fingerprint density at radius 3 is 2.91 bits per heavy atom. The number of hydrogen-bond donors (Lipinski definition) is 1. The predicted molar refractivity (Wildman–Crippen MR) is 88.2 cm³/mol. The monoisotopic (exact) mass is 347 g/mol. The molecule has 1 aromatic heterocycles. The van der Waals surface area contributed by atoms with Gasteiger partial charge in [0.15, 0.2) is 0 Å². The van der Waals surface area contributed by atoms with Crippen LogP contribution in [0.2, 0.25) is 5.02 Å². The minimum atomic E-state index is -0.514. The summed E-state index contributed by atoms with van der Waals surface area (Å²) in [6.07, 6.45) is 1.62. The first kappa shape index (κ1) is 14.7. The lowest BCUT2D eigenvalue weighted by Crippen LogP contribution is -2.46. The molecule has 118 valence electrons. The Morgan fingerprint density at radius 1 is 1.35 bits per heavy atom. The number of aromatic nitrogens is 1. The Balaban J connectivity index is 1.70. The molecule has 1 saturated heterocycles. The topological polar surface area (TPSA) is 76.3 Å². The van der Waals surface area contributed by atoms with Gasteiger partial charge in [-0.15, -0.1) is 11.3 Å². The molecule has 1 aliphatic heterocycles. The molecule has 23 heavy (non-hydrogen) atoms. The van der Waals surface area contributed by atoms with Crippen molar-refractivity contribution in [1.82, 2.24) is 9.88 Å². The van der Waals surface area contributed by atoms with Crippen LogP contribution < -0.4 is 5.73 Å². The molecule has 1 saturated carbocycles. The number of nitrogens with two attached hydrogens (primary N) is 1. The molecule has 1 aliphatic carbocycles. The average molecular weight is 348 g/mol. The van der Waals surface area contributed by atoms with Gasteiger partial charge in [-0.1, -0.05) is 23.7 Å². The first-order valence-electron chi connectivity index (χ1n) is 7.37. The van der Waals surface area contributed by atoms with Crippen LogP contribution in [0.15, 0.2) is 29.8 Å². The van der Waals surface area contributed by atoms with Crippen molar-refractivity contribution in [2.24, 2.45) is 11.7 Å². The van der Waals surface area contributed by atoms with E-state index >= 15 is 0 Å². The van der Waals surface area contributed by atoms with E-state index in [2.05, 4.69) is 4.98 Å². The Labute approximate surface area is 142 Å². The summed E-state index contributed by atoms with van der Waals surface area (Å²) in [6, 6.07) is 6.94. The Hall–Kier alpha value is -1.92. The second kappa shape index (κ2) is 5.32. The zero-order chi connectivity index (χ0) is 16.1. The SMILES string of the molecule is NC(=O)[C@@H]1C[C@@H]2C[C@@H]2N1C(=O)c1ncsc1-c1cccc(Cl)c1. The molecular formula is C16H14ClN3O2S. The van der Waals surface area contributed by atoms with Crippen molar-refractivity contribution in [3.63, 3.8) is 0 Å². The van der Waals surface area contributed by atoms with E-state index in [0.29, 0.717) is 23.1 Å². The number of benzene rings is 1. The van der Waals surface area contributed by atoms with E-state index < -0.39 is 11.9 Å². The third kappa shape index (κ3) is 2.42. The number of amides is 2. The van der Waals surface area contributed by atoms with Gasteiger partial charge < -0.3 is 10.6 Å². The molecule has 1 aromatic carbocycles. The molecule has 0 radical (unpaired) electrons. The van der Waals surface area contributed by atoms with Gasteiger partial charge in [-0.25, -0.2) is 4.98 Å². The van der Waals surface area contributed by atoms with Crippen molar-refractivity contribution in [1.29, 1.82) is 0 Å². The van der Waals surface area contributed by atoms with E-state index in [9.17, 15) is 9.59 Å². The highest BCUT2D eigenvalue weighted by Gasteiger charge is 2.56. The number of likely N-dealkylation sites (tertiary alicyclic amines) is 1. The van der Waals surface area contributed by atoms with Crippen LogP contribution in [0, 0.1) is 5.92 Å². The van der Waals surface area contributed by atoms with E-state index in [4.69, 9.17) is 17.3 Å². The highest BCUT2D eigenvalue weighted by Crippen LogP contribution is 2.48. The van der Waals surface area contributed by atoms with Crippen LogP contribution in [0.4, 0.5) is 0 Å². The number of halogens is 1. The van der Waals surface area contributed by atoms with Crippen molar-refractivity contribution in [2.75, 3.05) is 0 Å². The Morgan fingerprint density at radius 2 is 2.17 bits per heavy atom. The second-order valence-electron chi connectivity index (χ2n) is 5.97. The number of piperidine rings is 1. The lowest BCUT2D eigenvalue weighted by Gasteiger charge is -2.24. The number of fused-ring (bicyclic) bond motifs is 1. The van der Waals surface area contributed by atoms with Gasteiger partial charge in [0, 0.05) is 11.1 Å². The van der Waals surface area contributed by atoms with Crippen molar-refractivity contribution >= 4 is 34.8 Å². The fourth-order valence-electron chi connectivity index (χ4n) is 3.36. The number of carbonyl (C=O) groups excluding carboxylic acids is 2. The largest absolute Gasteiger partial charge is 0.368 e. The van der Waals surface area contributed by atoms with Gasteiger partial charge in [0.25, 0.3) is 5.91 Å². The molecule has 0 bridgehead atoms. The van der Waals surface area contributed by atoms with E-state index in [1.807, 2.05) is 12.1 Å². The van der Waals surface area contributed by atoms with E-state index in [-0.39, 0.29) is 11.9 Å². The third-order valence-corrected chi connectivity index (χ3v) is 5.63. The van der Waals surface area contributed by atoms with Crippen molar-refractivity contribution in [3.05, 3.63) is 40.5 Å². The normalized spacial score (nSPS) is 25.3. The first-order chi connectivity index (χ1) is 11.1. The van der Waals surface area contributed by atoms with E-state index in [1.54, 1.807) is 22.5 Å². The van der Waals surface area contributed by atoms with Gasteiger partial charge in [0.1, 0.15) is 11.7 Å². The summed E-state index contributed by atoms with van der Waals surface area (Å²) in [5.41, 5.74) is 8.33. The molecule has 5 nitrogen and oxygen atoms in total. The predicted octanol–water partition coefficient (Wildman–Crippen LogP) is 2.55. The molecule has 0 spiro atoms. The van der Waals surface area contributed by atoms with Gasteiger partial charge in [-0.2, -0.15) is 0 Å². The average Bonchev–Trinajstić information content (AvgIpc) is 2.98. The molecule has 2 N–H and O–H groups in total. The summed E-state index contributed by atoms with van der Waals surface area (Å²) < 4.78 is 0. The van der Waals surface area contributed by atoms with Gasteiger partial charge in [-0.3, -0.25) is 9.59 Å². The fraction of sp³-hybridized carbons (Fsp3) is 0.312. The van der Waals surface area contributed by atoms with Crippen LogP contribution in [-0.4, -0.2) is 33.8 Å². The van der Waals surface area contributed by atoms with E-state index in [1.165, 1.54) is 11.3 Å². The summed E-state index contributed by atoms with van der Waals surface area (Å²) in [4.78, 5) is 31.3. The quantitative estimate of drug-likeness (QED) is 0.927. The van der Waals surface area contributed by atoms with Crippen molar-refractivity contribution in [3.8, 4) is 10.4 Å². The third-order valence-electron chi connectivity index (χ3n) is 4.52. The number of primary amides is 1. The van der Waals surface area contributed by atoms with Crippen molar-refractivity contribution < 1.29 is 9.59 Å². The molecule has 2 fully saturated rings. The molecule has 7 heteroatoms. The molecule has 4 rings (SSSR count). The first-order valence-corrected chi connectivity index (χ1v) is 8.63. The second-order valence-corrected chi connectivity index (χ2v) is 7.26. The molecular weight excluding hydrogens is 334 g/mol. The highest BCUT2D eigenvalue weighted by atomic mass is 35.5. The van der Waals surface area contributed by atoms with E-state index in [0.717, 1.165) is 16.9 Å². The summed E-state index contributed by atoms with van der Waals surface area (Å²) in [7, 11) is 0.